The highest BCUT2D eigenvalue weighted by Gasteiger charge is 2.21. The van der Waals surface area contributed by atoms with Gasteiger partial charge in [-0.15, -0.1) is 0 Å². The Morgan fingerprint density at radius 2 is 1.51 bits per heavy atom. The number of carboxylic acids is 1. The maximum Gasteiger partial charge on any atom is 0.326 e. The second kappa shape index (κ2) is 32.5. The van der Waals surface area contributed by atoms with Gasteiger partial charge in [-0.05, 0) is 177 Å². The van der Waals surface area contributed by atoms with Crippen LogP contribution in [0.1, 0.15) is 103 Å². The van der Waals surface area contributed by atoms with Crippen molar-refractivity contribution in [3.05, 3.63) is 102 Å². The third-order valence-corrected chi connectivity index (χ3v) is 12.6. The van der Waals surface area contributed by atoms with E-state index in [0.29, 0.717) is 41.5 Å². The van der Waals surface area contributed by atoms with Crippen molar-refractivity contribution in [1.82, 2.24) is 57.2 Å². The number of rotatable bonds is 30. The minimum Gasteiger partial charge on any atom is -0.492 e. The fourth-order valence-corrected chi connectivity index (χ4v) is 8.55. The van der Waals surface area contributed by atoms with E-state index in [1.54, 1.807) is 6.20 Å². The number of aromatic hydroxyl groups is 1. The van der Waals surface area contributed by atoms with Crippen molar-refractivity contribution in [3.63, 3.8) is 0 Å². The van der Waals surface area contributed by atoms with E-state index in [1.165, 1.54) is 11.9 Å². The molecule has 1 fully saturated rings. The molecular formula is C53H81N13O4. The van der Waals surface area contributed by atoms with Crippen LogP contribution in [-0.4, -0.2) is 133 Å². The first kappa shape index (κ1) is 55.5. The third kappa shape index (κ3) is 20.9. The molecule has 0 spiro atoms. The number of fused-ring (bicyclic) bond motifs is 1. The average Bonchev–Trinajstić information content (AvgIpc) is 3.36. The molecule has 0 bridgehead atoms. The van der Waals surface area contributed by atoms with Crippen molar-refractivity contribution in [1.29, 1.82) is 0 Å². The van der Waals surface area contributed by atoms with Crippen LogP contribution in [0.15, 0.2) is 73.7 Å². The Bertz CT molecular complexity index is 2180. The number of aromatic nitrogens is 4. The Kier molecular flexibility index (Phi) is 25.8. The van der Waals surface area contributed by atoms with E-state index >= 15 is 0 Å². The number of nitrogens with zero attached hydrogens (tertiary/aromatic N) is 4. The lowest BCUT2D eigenvalue weighted by atomic mass is 9.88. The van der Waals surface area contributed by atoms with E-state index in [4.69, 9.17) is 5.73 Å². The quantitative estimate of drug-likeness (QED) is 0.0193. The van der Waals surface area contributed by atoms with E-state index in [2.05, 4.69) is 93.8 Å². The summed E-state index contributed by atoms with van der Waals surface area (Å²) in [6.07, 6.45) is 13.8. The van der Waals surface area contributed by atoms with Crippen LogP contribution in [0, 0.1) is 5.92 Å². The molecule has 2 aromatic carbocycles. The Hall–Kier alpha value is -5.40. The van der Waals surface area contributed by atoms with Crippen LogP contribution < -0.4 is 48.3 Å². The van der Waals surface area contributed by atoms with E-state index < -0.39 is 12.0 Å². The first-order valence-electron chi connectivity index (χ1n) is 25.6. The number of hydrogen-bond donors (Lipinski definition) is 11. The number of hydrogen-bond acceptors (Lipinski definition) is 16. The Labute approximate surface area is 415 Å². The smallest absolute Gasteiger partial charge is 0.326 e. The van der Waals surface area contributed by atoms with E-state index in [9.17, 15) is 19.8 Å². The number of unbranched alkanes of at least 4 members (excludes halogenated alkanes) is 1. The van der Waals surface area contributed by atoms with Crippen LogP contribution in [-0.2, 0) is 24.2 Å². The zero-order valence-electron chi connectivity index (χ0n) is 41.4. The van der Waals surface area contributed by atoms with Crippen LogP contribution >= 0.6 is 0 Å². The maximum atomic E-state index is 14.3. The number of Topliss-reactive ketones (excluding diaryl/α,β-unsaturated/α-hetero) is 1. The standard InChI is InChI=1S/C53H81N13O4/c1-39(11-18-48(53(69)70)65-40(2)43-14-16-45(17-15-43)61-36-46-37-62-51-50(66-46)52(68)64-38-63-51)33-49(67)47-35-42(34-41-9-5-22-57-29-31-60-27-8-25-56-28-19-41)12-13-44(47)10-3-4-21-55-24-7-26-59-32-30-58-23-6-20-54/h12-17,35,37-38,41,48,55-61,65H,1-11,18-34,36,54H2,(H,69,70)(H,62,63,64,68). The number of carbonyl (C=O) groups is 2. The molecule has 17 nitrogen and oxygen atoms in total. The Balaban J connectivity index is 1.13. The van der Waals surface area contributed by atoms with Crippen LogP contribution in [0.25, 0.3) is 16.9 Å². The number of nitrogens with two attached hydrogens (primary N) is 1. The number of aliphatic carboxylic acids is 1. The molecule has 5 rings (SSSR count). The normalized spacial score (nSPS) is 15.5. The van der Waals surface area contributed by atoms with Gasteiger partial charge in [0.2, 0.25) is 5.88 Å². The molecule has 2 aromatic heterocycles. The summed E-state index contributed by atoms with van der Waals surface area (Å²) in [7, 11) is 0. The number of nitrogens with one attached hydrogen (secondary N) is 8. The SMILES string of the molecule is C=C(CCC(NC(=C)c1ccc(NCc2cnc3ncnc(O)c3n2)cc1)C(=O)O)CC(=O)c1cc(CC2CCCNCCNCCCNCC2)ccc1CCCCNCCCNCCNCCCN. The molecule has 4 aromatic rings. The predicted molar refractivity (Wildman–Crippen MR) is 282 cm³/mol. The summed E-state index contributed by atoms with van der Waals surface area (Å²) >= 11 is 0. The highest BCUT2D eigenvalue weighted by atomic mass is 16.4. The second-order valence-electron chi connectivity index (χ2n) is 18.4. The molecule has 0 aliphatic carbocycles. The van der Waals surface area contributed by atoms with Crippen LogP contribution in [0.4, 0.5) is 5.69 Å². The molecule has 70 heavy (non-hydrogen) atoms. The fraction of sp³-hybridized carbons (Fsp3) is 0.547. The average molecular weight is 964 g/mol. The number of carbonyl (C=O) groups excluding carboxylic acids is 1. The number of carboxylic acid groups (broad SMARTS) is 1. The van der Waals surface area contributed by atoms with Gasteiger partial charge >= 0.3 is 5.97 Å². The van der Waals surface area contributed by atoms with Gasteiger partial charge < -0.3 is 58.5 Å². The summed E-state index contributed by atoms with van der Waals surface area (Å²) in [5.41, 5.74) is 12.4. The molecule has 382 valence electrons. The molecule has 0 amide bonds. The first-order valence-corrected chi connectivity index (χ1v) is 25.6. The summed E-state index contributed by atoms with van der Waals surface area (Å²) in [6.45, 7) is 21.2. The summed E-state index contributed by atoms with van der Waals surface area (Å²) in [4.78, 5) is 43.2. The third-order valence-electron chi connectivity index (χ3n) is 12.6. The molecule has 1 saturated heterocycles. The highest BCUT2D eigenvalue weighted by molar-refractivity contribution is 5.99. The highest BCUT2D eigenvalue weighted by Crippen LogP contribution is 2.25. The van der Waals surface area contributed by atoms with Crippen LogP contribution in [0.5, 0.6) is 5.88 Å². The topological polar surface area (TPSA) is 248 Å². The Morgan fingerprint density at radius 3 is 2.27 bits per heavy atom. The lowest BCUT2D eigenvalue weighted by Gasteiger charge is -2.20. The summed E-state index contributed by atoms with van der Waals surface area (Å²) in [6, 6.07) is 13.0. The fourth-order valence-electron chi connectivity index (χ4n) is 8.55. The van der Waals surface area contributed by atoms with Gasteiger partial charge in [0.1, 0.15) is 12.4 Å². The first-order chi connectivity index (χ1) is 34.2. The van der Waals surface area contributed by atoms with Crippen molar-refractivity contribution in [3.8, 4) is 5.88 Å². The molecule has 1 aliphatic heterocycles. The molecule has 2 atom stereocenters. The minimum atomic E-state index is -1.00. The summed E-state index contributed by atoms with van der Waals surface area (Å²) < 4.78 is 0. The van der Waals surface area contributed by atoms with Gasteiger partial charge in [0, 0.05) is 49.5 Å². The van der Waals surface area contributed by atoms with E-state index in [0.717, 1.165) is 172 Å². The molecule has 17 heteroatoms. The molecule has 0 radical (unpaired) electrons. The molecule has 3 heterocycles. The number of ketones is 1. The van der Waals surface area contributed by atoms with Crippen LogP contribution in [0.3, 0.4) is 0 Å². The Morgan fingerprint density at radius 1 is 0.800 bits per heavy atom. The number of benzene rings is 2. The molecule has 12 N–H and O–H groups in total. The molecule has 0 saturated carbocycles. The van der Waals surface area contributed by atoms with Crippen molar-refractivity contribution < 1.29 is 19.8 Å². The van der Waals surface area contributed by atoms with Gasteiger partial charge in [0.15, 0.2) is 16.9 Å². The van der Waals surface area contributed by atoms with Gasteiger partial charge in [0.25, 0.3) is 0 Å². The van der Waals surface area contributed by atoms with Gasteiger partial charge in [0.05, 0.1) is 18.4 Å². The number of anilines is 1. The molecule has 2 unspecified atom stereocenters. The summed E-state index contributed by atoms with van der Waals surface area (Å²) in [5, 5.41) is 47.8. The number of allylic oxidation sites excluding steroid dienone is 1. The van der Waals surface area contributed by atoms with Crippen molar-refractivity contribution >= 4 is 34.3 Å². The zero-order chi connectivity index (χ0) is 49.6. The minimum absolute atomic E-state index is 0.0327. The van der Waals surface area contributed by atoms with E-state index in [-0.39, 0.29) is 30.0 Å². The maximum absolute atomic E-state index is 14.3. The second-order valence-corrected chi connectivity index (χ2v) is 18.4. The molecular weight excluding hydrogens is 883 g/mol. The van der Waals surface area contributed by atoms with Gasteiger partial charge in [-0.2, -0.15) is 4.98 Å². The predicted octanol–water partition coefficient (Wildman–Crippen LogP) is 4.69. The van der Waals surface area contributed by atoms with Gasteiger partial charge in [-0.1, -0.05) is 43.0 Å². The van der Waals surface area contributed by atoms with Gasteiger partial charge in [-0.25, -0.2) is 19.7 Å². The van der Waals surface area contributed by atoms with Crippen molar-refractivity contribution in [2.24, 2.45) is 11.7 Å². The number of aryl methyl sites for hydroxylation is 1. The lowest BCUT2D eigenvalue weighted by molar-refractivity contribution is -0.139. The monoisotopic (exact) mass is 964 g/mol. The van der Waals surface area contributed by atoms with E-state index in [1.807, 2.05) is 24.3 Å². The summed E-state index contributed by atoms with van der Waals surface area (Å²) in [5.74, 6) is -0.692. The van der Waals surface area contributed by atoms with Crippen LogP contribution in [0.2, 0.25) is 0 Å². The zero-order valence-corrected chi connectivity index (χ0v) is 41.4. The largest absolute Gasteiger partial charge is 0.492 e. The van der Waals surface area contributed by atoms with Crippen molar-refractivity contribution in [2.45, 2.75) is 96.1 Å². The van der Waals surface area contributed by atoms with Gasteiger partial charge in [-0.3, -0.25) is 4.79 Å². The molecule has 1 aliphatic rings. The van der Waals surface area contributed by atoms with Crippen molar-refractivity contribution in [2.75, 3.05) is 90.4 Å². The lowest BCUT2D eigenvalue weighted by Crippen LogP contribution is -2.35.